The molecule has 1 aromatic rings. The third-order valence-corrected chi connectivity index (χ3v) is 5.65. The quantitative estimate of drug-likeness (QED) is 0.930. The molecule has 3 rings (SSSR count). The van der Waals surface area contributed by atoms with Crippen LogP contribution in [0.1, 0.15) is 30.6 Å². The molecule has 0 aliphatic carbocycles. The lowest BCUT2D eigenvalue weighted by Gasteiger charge is -2.32. The number of likely N-dealkylation sites (tertiary alicyclic amines) is 1. The van der Waals surface area contributed by atoms with Crippen molar-refractivity contribution in [2.75, 3.05) is 31.1 Å². The van der Waals surface area contributed by atoms with Crippen LogP contribution in [-0.4, -0.2) is 47.2 Å². The molecule has 19 heavy (non-hydrogen) atoms. The smallest absolute Gasteiger partial charge is 0.187 e. The molecule has 1 atom stereocenters. The Balaban J connectivity index is 1.64. The van der Waals surface area contributed by atoms with Gasteiger partial charge in [0.15, 0.2) is 5.13 Å². The fraction of sp³-hybridized carbons (Fsp3) is 0.769. The average Bonchev–Trinajstić information content (AvgIpc) is 3.06. The second kappa shape index (κ2) is 5.95. The summed E-state index contributed by atoms with van der Waals surface area (Å²) >= 11 is 7.53. The predicted octanol–water partition coefficient (Wildman–Crippen LogP) is 2.35. The average molecular weight is 302 g/mol. The van der Waals surface area contributed by atoms with Crippen molar-refractivity contribution in [2.24, 2.45) is 0 Å². The van der Waals surface area contributed by atoms with Crippen LogP contribution in [0.3, 0.4) is 0 Å². The Kier molecular flexibility index (Phi) is 4.27. The lowest BCUT2D eigenvalue weighted by Crippen LogP contribution is -2.40. The van der Waals surface area contributed by atoms with Crippen molar-refractivity contribution in [1.29, 1.82) is 0 Å². The molecule has 0 saturated carbocycles. The molecule has 2 aliphatic heterocycles. The number of thiazole rings is 1. The normalized spacial score (nSPS) is 25.2. The van der Waals surface area contributed by atoms with Gasteiger partial charge in [-0.2, -0.15) is 0 Å². The summed E-state index contributed by atoms with van der Waals surface area (Å²) in [7, 11) is 0. The van der Waals surface area contributed by atoms with Crippen LogP contribution in [-0.2, 0) is 6.61 Å². The van der Waals surface area contributed by atoms with Crippen molar-refractivity contribution >= 4 is 28.1 Å². The molecule has 2 fully saturated rings. The van der Waals surface area contributed by atoms with Gasteiger partial charge in [-0.05, 0) is 32.4 Å². The number of anilines is 1. The molecular weight excluding hydrogens is 282 g/mol. The number of aromatic nitrogens is 1. The number of halogens is 1. The summed E-state index contributed by atoms with van der Waals surface area (Å²) in [4.78, 5) is 10.1. The minimum Gasteiger partial charge on any atom is -0.391 e. The number of rotatable bonds is 3. The number of piperidine rings is 1. The summed E-state index contributed by atoms with van der Waals surface area (Å²) in [5, 5.41) is 10.6. The molecule has 1 N–H and O–H groups in total. The van der Waals surface area contributed by atoms with E-state index in [0.29, 0.717) is 11.2 Å². The summed E-state index contributed by atoms with van der Waals surface area (Å²) in [5.74, 6) is 0. The monoisotopic (exact) mass is 301 g/mol. The van der Waals surface area contributed by atoms with Gasteiger partial charge in [0.2, 0.25) is 0 Å². The minimum absolute atomic E-state index is 0.0140. The zero-order chi connectivity index (χ0) is 13.2. The Morgan fingerprint density at radius 1 is 1.26 bits per heavy atom. The molecule has 0 spiro atoms. The van der Waals surface area contributed by atoms with E-state index in [2.05, 4.69) is 14.8 Å². The van der Waals surface area contributed by atoms with Crippen molar-refractivity contribution in [3.05, 3.63) is 10.0 Å². The maximum Gasteiger partial charge on any atom is 0.187 e. The summed E-state index contributed by atoms with van der Waals surface area (Å²) in [6.45, 7) is 4.59. The highest BCUT2D eigenvalue weighted by molar-refractivity contribution is 7.16. The van der Waals surface area contributed by atoms with E-state index in [1.165, 1.54) is 50.1 Å². The molecule has 106 valence electrons. The van der Waals surface area contributed by atoms with Crippen LogP contribution < -0.4 is 4.90 Å². The van der Waals surface area contributed by atoms with E-state index in [1.54, 1.807) is 0 Å². The SMILES string of the molecule is OCc1sc(N2CCC(N3CCCCC3)C2)nc1Cl. The van der Waals surface area contributed by atoms with Gasteiger partial charge in [-0.15, -0.1) is 0 Å². The summed E-state index contributed by atoms with van der Waals surface area (Å²) < 4.78 is 0. The van der Waals surface area contributed by atoms with E-state index in [1.807, 2.05) is 0 Å². The minimum atomic E-state index is -0.0140. The molecule has 0 aromatic carbocycles. The molecule has 2 aliphatic rings. The van der Waals surface area contributed by atoms with Crippen molar-refractivity contribution in [3.8, 4) is 0 Å². The number of hydrogen-bond donors (Lipinski definition) is 1. The first kappa shape index (κ1) is 13.6. The molecule has 6 heteroatoms. The Bertz CT molecular complexity index is 434. The van der Waals surface area contributed by atoms with E-state index in [4.69, 9.17) is 11.6 Å². The lowest BCUT2D eigenvalue weighted by atomic mass is 10.1. The highest BCUT2D eigenvalue weighted by Crippen LogP contribution is 2.32. The molecule has 1 unspecified atom stereocenters. The Hall–Kier alpha value is -0.360. The molecular formula is C13H20ClN3OS. The first-order chi connectivity index (χ1) is 9.28. The number of aliphatic hydroxyl groups excluding tert-OH is 1. The maximum atomic E-state index is 9.19. The van der Waals surface area contributed by atoms with Gasteiger partial charge in [0.1, 0.15) is 5.15 Å². The largest absolute Gasteiger partial charge is 0.391 e. The Morgan fingerprint density at radius 3 is 2.74 bits per heavy atom. The van der Waals surface area contributed by atoms with Crippen LogP contribution in [0, 0.1) is 0 Å². The topological polar surface area (TPSA) is 39.6 Å². The fourth-order valence-corrected chi connectivity index (χ4v) is 4.20. The van der Waals surface area contributed by atoms with E-state index in [0.717, 1.165) is 23.1 Å². The molecule has 4 nitrogen and oxygen atoms in total. The molecule has 2 saturated heterocycles. The van der Waals surface area contributed by atoms with Crippen molar-refractivity contribution in [2.45, 2.75) is 38.3 Å². The van der Waals surface area contributed by atoms with Crippen molar-refractivity contribution < 1.29 is 5.11 Å². The summed E-state index contributed by atoms with van der Waals surface area (Å²) in [5.41, 5.74) is 0. The van der Waals surface area contributed by atoms with Gasteiger partial charge >= 0.3 is 0 Å². The van der Waals surface area contributed by atoms with Crippen molar-refractivity contribution in [1.82, 2.24) is 9.88 Å². The van der Waals surface area contributed by atoms with E-state index in [9.17, 15) is 5.11 Å². The summed E-state index contributed by atoms with van der Waals surface area (Å²) in [6, 6.07) is 0.667. The highest BCUT2D eigenvalue weighted by atomic mass is 35.5. The Labute approximate surface area is 123 Å². The highest BCUT2D eigenvalue weighted by Gasteiger charge is 2.30. The zero-order valence-corrected chi connectivity index (χ0v) is 12.6. The van der Waals surface area contributed by atoms with Gasteiger partial charge in [0.25, 0.3) is 0 Å². The standard InChI is InChI=1S/C13H20ClN3OS/c14-12-11(9-18)19-13(15-12)17-7-4-10(8-17)16-5-2-1-3-6-16/h10,18H,1-9H2. The first-order valence-corrected chi connectivity index (χ1v) is 8.22. The fourth-order valence-electron chi connectivity index (χ4n) is 3.05. The van der Waals surface area contributed by atoms with E-state index >= 15 is 0 Å². The number of hydrogen-bond acceptors (Lipinski definition) is 5. The molecule has 0 bridgehead atoms. The van der Waals surface area contributed by atoms with Crippen LogP contribution in [0.5, 0.6) is 0 Å². The summed E-state index contributed by atoms with van der Waals surface area (Å²) in [6.07, 6.45) is 5.28. The van der Waals surface area contributed by atoms with Crippen LogP contribution in [0.4, 0.5) is 5.13 Å². The van der Waals surface area contributed by atoms with E-state index < -0.39 is 0 Å². The molecule has 3 heterocycles. The van der Waals surface area contributed by atoms with Gasteiger partial charge in [0, 0.05) is 19.1 Å². The Morgan fingerprint density at radius 2 is 2.05 bits per heavy atom. The van der Waals surface area contributed by atoms with Gasteiger partial charge in [-0.1, -0.05) is 29.4 Å². The second-order valence-corrected chi connectivity index (χ2v) is 6.77. The second-order valence-electron chi connectivity index (χ2n) is 5.35. The van der Waals surface area contributed by atoms with E-state index in [-0.39, 0.29) is 6.61 Å². The number of aliphatic hydroxyl groups is 1. The van der Waals surface area contributed by atoms with Gasteiger partial charge in [-0.25, -0.2) is 4.98 Å². The third kappa shape index (κ3) is 2.89. The molecule has 0 radical (unpaired) electrons. The first-order valence-electron chi connectivity index (χ1n) is 7.03. The third-order valence-electron chi connectivity index (χ3n) is 4.12. The van der Waals surface area contributed by atoms with Crippen LogP contribution >= 0.6 is 22.9 Å². The van der Waals surface area contributed by atoms with Crippen molar-refractivity contribution in [3.63, 3.8) is 0 Å². The van der Waals surface area contributed by atoms with Crippen LogP contribution in [0.15, 0.2) is 0 Å². The maximum absolute atomic E-state index is 9.19. The van der Waals surface area contributed by atoms with Gasteiger partial charge < -0.3 is 10.0 Å². The predicted molar refractivity (Wildman–Crippen MR) is 79.1 cm³/mol. The molecule has 0 amide bonds. The van der Waals surface area contributed by atoms with Gasteiger partial charge in [-0.3, -0.25) is 4.90 Å². The number of nitrogens with zero attached hydrogens (tertiary/aromatic N) is 3. The van der Waals surface area contributed by atoms with Crippen LogP contribution in [0.25, 0.3) is 0 Å². The lowest BCUT2D eigenvalue weighted by molar-refractivity contribution is 0.175. The van der Waals surface area contributed by atoms with Gasteiger partial charge in [0.05, 0.1) is 11.5 Å². The zero-order valence-electron chi connectivity index (χ0n) is 11.0. The molecule has 1 aromatic heterocycles. The van der Waals surface area contributed by atoms with Crippen LogP contribution in [0.2, 0.25) is 5.15 Å².